The molecule has 2 aromatic heterocycles. The summed E-state index contributed by atoms with van der Waals surface area (Å²) in [7, 11) is -3.96. The summed E-state index contributed by atoms with van der Waals surface area (Å²) >= 11 is 1.47. The van der Waals surface area contributed by atoms with Gasteiger partial charge in [0.05, 0.1) is 27.2 Å². The first-order chi connectivity index (χ1) is 22.1. The number of para-hydroxylation sites is 2. The molecule has 250 valence electrons. The fraction of sp³-hybridized carbons (Fsp3) is 0.485. The zero-order valence-corrected chi connectivity index (χ0v) is 28.4. The highest BCUT2D eigenvalue weighted by molar-refractivity contribution is 7.91. The maximum Gasteiger partial charge on any atom is 0.259 e. The lowest BCUT2D eigenvalue weighted by Crippen LogP contribution is -2.58. The molecule has 3 aliphatic rings. The number of aromatic nitrogens is 2. The van der Waals surface area contributed by atoms with E-state index in [-0.39, 0.29) is 25.3 Å². The summed E-state index contributed by atoms with van der Waals surface area (Å²) in [5.41, 5.74) is -0.555. The van der Waals surface area contributed by atoms with Gasteiger partial charge in [-0.25, -0.2) is 18.4 Å². The molecule has 2 saturated carbocycles. The van der Waals surface area contributed by atoms with Gasteiger partial charge in [-0.3, -0.25) is 19.1 Å². The minimum Gasteiger partial charge on any atom is -0.471 e. The van der Waals surface area contributed by atoms with Crippen LogP contribution >= 0.6 is 11.3 Å². The molecule has 3 N–H and O–H groups in total. The predicted octanol–water partition coefficient (Wildman–Crippen LogP) is 3.17. The number of amides is 3. The summed E-state index contributed by atoms with van der Waals surface area (Å²) in [5, 5.41) is 15.7. The lowest BCUT2D eigenvalue weighted by Gasteiger charge is -2.32. The van der Waals surface area contributed by atoms with Crippen LogP contribution in [0, 0.1) is 11.3 Å². The summed E-state index contributed by atoms with van der Waals surface area (Å²) in [5.74, 6) is -2.43. The first-order valence-corrected chi connectivity index (χ1v) is 17.9. The van der Waals surface area contributed by atoms with Crippen molar-refractivity contribution in [3.8, 4) is 16.5 Å². The number of aliphatic hydroxyl groups excluding tert-OH is 1. The molecular formula is C33H39N5O7S2. The predicted molar refractivity (Wildman–Crippen MR) is 177 cm³/mol. The second-order valence-electron chi connectivity index (χ2n) is 14.0. The van der Waals surface area contributed by atoms with E-state index >= 15 is 0 Å². The number of rotatable bonds is 10. The number of fused-ring (bicyclic) bond motifs is 1. The van der Waals surface area contributed by atoms with E-state index in [1.165, 1.54) is 22.3 Å². The minimum atomic E-state index is -3.96. The molecule has 0 spiro atoms. The van der Waals surface area contributed by atoms with E-state index in [1.807, 2.05) is 41.8 Å². The summed E-state index contributed by atoms with van der Waals surface area (Å²) in [6, 6.07) is 10.0. The molecule has 14 heteroatoms. The van der Waals surface area contributed by atoms with Crippen molar-refractivity contribution < 1.29 is 32.6 Å². The molecule has 3 fully saturated rings. The SMILES string of the molecule is C=C[C@@H]1C[C@]1(NC(=O)[C@@H]1C[C@@H](Oc2nc3ccccc3nc2-c2cccs2)CN1C(=O)[C@@H](O)C(C)(C)C)C(=O)NS(=O)(=O)C1(C)CC1. The zero-order valence-electron chi connectivity index (χ0n) is 26.7. The molecule has 47 heavy (non-hydrogen) atoms. The molecule has 5 atom stereocenters. The van der Waals surface area contributed by atoms with Gasteiger partial charge < -0.3 is 20.1 Å². The monoisotopic (exact) mass is 681 g/mol. The number of carbonyl (C=O) groups excluding carboxylic acids is 3. The number of thiophene rings is 1. The molecular weight excluding hydrogens is 643 g/mol. The van der Waals surface area contributed by atoms with Gasteiger partial charge in [0.15, 0.2) is 0 Å². The molecule has 3 amide bonds. The molecule has 2 aliphatic carbocycles. The van der Waals surface area contributed by atoms with Crippen LogP contribution in [0.5, 0.6) is 5.88 Å². The standard InChI is InChI=1S/C33H39N5O7S2/c1-6-19-17-33(19,30(42)37-47(43,44)32(5)13-14-32)36-27(40)23-16-20(18-38(23)29(41)26(39)31(2,3)4)45-28-25(24-12-9-15-46-24)34-21-10-7-8-11-22(21)35-28/h6-12,15,19-20,23,26,39H,1,13-14,16-18H2,2-5H3,(H,36,40)(H,37,42)/t19-,20-,23+,26-,33-/m1/s1. The van der Waals surface area contributed by atoms with E-state index in [4.69, 9.17) is 14.7 Å². The van der Waals surface area contributed by atoms with E-state index in [0.29, 0.717) is 29.6 Å². The quantitative estimate of drug-likeness (QED) is 0.272. The maximum absolute atomic E-state index is 14.0. The third-order valence-electron chi connectivity index (χ3n) is 9.35. The van der Waals surface area contributed by atoms with Crippen LogP contribution in [-0.2, 0) is 24.4 Å². The number of nitrogens with zero attached hydrogens (tertiary/aromatic N) is 3. The van der Waals surface area contributed by atoms with Crippen molar-refractivity contribution >= 4 is 50.1 Å². The Morgan fingerprint density at radius 1 is 1.15 bits per heavy atom. The lowest BCUT2D eigenvalue weighted by atomic mass is 9.88. The van der Waals surface area contributed by atoms with Gasteiger partial charge in [-0.15, -0.1) is 17.9 Å². The number of likely N-dealkylation sites (tertiary alicyclic amines) is 1. The van der Waals surface area contributed by atoms with Crippen molar-refractivity contribution in [3.63, 3.8) is 0 Å². The van der Waals surface area contributed by atoms with Gasteiger partial charge in [0.2, 0.25) is 21.8 Å². The van der Waals surface area contributed by atoms with Crippen LogP contribution in [0.15, 0.2) is 54.4 Å². The molecule has 1 aromatic carbocycles. The van der Waals surface area contributed by atoms with Crippen molar-refractivity contribution in [1.82, 2.24) is 24.9 Å². The zero-order chi connectivity index (χ0) is 33.9. The fourth-order valence-electron chi connectivity index (χ4n) is 5.82. The first kappa shape index (κ1) is 33.0. The van der Waals surface area contributed by atoms with Gasteiger partial charge in [-0.2, -0.15) is 0 Å². The number of hydrogen-bond donors (Lipinski definition) is 3. The molecule has 0 bridgehead atoms. The summed E-state index contributed by atoms with van der Waals surface area (Å²) < 4.78 is 33.3. The van der Waals surface area contributed by atoms with E-state index < -0.39 is 67.6 Å². The molecule has 3 aromatic rings. The van der Waals surface area contributed by atoms with Gasteiger partial charge >= 0.3 is 0 Å². The Hall–Kier alpha value is -3.88. The largest absolute Gasteiger partial charge is 0.471 e. The summed E-state index contributed by atoms with van der Waals surface area (Å²) in [4.78, 5) is 52.8. The minimum absolute atomic E-state index is 0.0274. The van der Waals surface area contributed by atoms with Gasteiger partial charge in [-0.1, -0.05) is 45.0 Å². The third kappa shape index (κ3) is 6.14. The Morgan fingerprint density at radius 2 is 1.83 bits per heavy atom. The van der Waals surface area contributed by atoms with Gasteiger partial charge in [0.1, 0.15) is 29.5 Å². The van der Waals surface area contributed by atoms with E-state index in [2.05, 4.69) is 16.6 Å². The highest BCUT2D eigenvalue weighted by atomic mass is 32.2. The van der Waals surface area contributed by atoms with Gasteiger partial charge in [0.25, 0.3) is 11.8 Å². The van der Waals surface area contributed by atoms with E-state index in [9.17, 15) is 27.9 Å². The van der Waals surface area contributed by atoms with Crippen molar-refractivity contribution in [2.24, 2.45) is 11.3 Å². The molecule has 3 heterocycles. The molecule has 0 unspecified atom stereocenters. The summed E-state index contributed by atoms with van der Waals surface area (Å²) in [6.07, 6.45) is 0.413. The average molecular weight is 682 g/mol. The maximum atomic E-state index is 14.0. The Labute approximate surface area is 277 Å². The van der Waals surface area contributed by atoms with Crippen LogP contribution in [0.1, 0.15) is 53.4 Å². The average Bonchev–Trinajstić information content (AvgIpc) is 3.79. The summed E-state index contributed by atoms with van der Waals surface area (Å²) in [6.45, 7) is 10.4. The second kappa shape index (κ2) is 11.7. The molecule has 1 aliphatic heterocycles. The van der Waals surface area contributed by atoms with Crippen LogP contribution in [0.2, 0.25) is 0 Å². The Balaban J connectivity index is 1.29. The highest BCUT2D eigenvalue weighted by Gasteiger charge is 2.63. The first-order valence-electron chi connectivity index (χ1n) is 15.6. The Morgan fingerprint density at radius 3 is 2.40 bits per heavy atom. The number of carbonyl (C=O) groups is 3. The molecule has 6 rings (SSSR count). The number of benzene rings is 1. The van der Waals surface area contributed by atoms with E-state index in [1.54, 1.807) is 27.7 Å². The second-order valence-corrected chi connectivity index (χ2v) is 17.1. The lowest BCUT2D eigenvalue weighted by molar-refractivity contribution is -0.150. The van der Waals surface area contributed by atoms with Crippen LogP contribution in [0.25, 0.3) is 21.6 Å². The van der Waals surface area contributed by atoms with Crippen LogP contribution in [-0.4, -0.2) is 81.2 Å². The number of aliphatic hydroxyl groups is 1. The van der Waals surface area contributed by atoms with Gasteiger partial charge in [-0.05, 0) is 55.2 Å². The topological polar surface area (TPSA) is 168 Å². The van der Waals surface area contributed by atoms with Gasteiger partial charge in [0, 0.05) is 12.3 Å². The Kier molecular flexibility index (Phi) is 8.20. The van der Waals surface area contributed by atoms with E-state index in [0.717, 1.165) is 4.88 Å². The number of hydrogen-bond acceptors (Lipinski definition) is 10. The normalized spacial score (nSPS) is 25.6. The smallest absolute Gasteiger partial charge is 0.259 e. The molecule has 12 nitrogen and oxygen atoms in total. The molecule has 0 radical (unpaired) electrons. The number of nitrogens with one attached hydrogen (secondary N) is 2. The van der Waals surface area contributed by atoms with Crippen molar-refractivity contribution in [2.75, 3.05) is 6.54 Å². The number of sulfonamides is 1. The molecule has 1 saturated heterocycles. The number of ether oxygens (including phenoxy) is 1. The fourth-order valence-corrected chi connectivity index (χ4v) is 7.84. The van der Waals surface area contributed by atoms with Crippen LogP contribution in [0.4, 0.5) is 0 Å². The van der Waals surface area contributed by atoms with Crippen molar-refractivity contribution in [2.45, 2.75) is 81.9 Å². The third-order valence-corrected chi connectivity index (χ3v) is 12.4. The Bertz CT molecular complexity index is 1850. The van der Waals surface area contributed by atoms with Crippen LogP contribution in [0.3, 0.4) is 0 Å². The highest BCUT2D eigenvalue weighted by Crippen LogP contribution is 2.47. The van der Waals surface area contributed by atoms with Crippen molar-refractivity contribution in [1.29, 1.82) is 0 Å². The van der Waals surface area contributed by atoms with Crippen molar-refractivity contribution in [3.05, 3.63) is 54.4 Å². The van der Waals surface area contributed by atoms with Crippen LogP contribution < -0.4 is 14.8 Å².